The molecule has 1 atom stereocenters. The highest BCUT2D eigenvalue weighted by Crippen LogP contribution is 2.28. The average Bonchev–Trinajstić information content (AvgIpc) is 2.74. The molecule has 2 aromatic carbocycles. The highest BCUT2D eigenvalue weighted by atomic mass is 16.5. The number of hydrogen-bond donors (Lipinski definition) is 2. The monoisotopic (exact) mass is 423 g/mol. The first-order chi connectivity index (χ1) is 14.9. The summed E-state index contributed by atoms with van der Waals surface area (Å²) in [5, 5.41) is 12.8. The molecule has 0 aliphatic heterocycles. The molecular weight excluding hydrogens is 398 g/mol. The molecule has 0 spiro atoms. The highest BCUT2D eigenvalue weighted by molar-refractivity contribution is 5.86. The number of carbonyl (C=O) groups excluding carboxylic acids is 1. The maximum absolute atomic E-state index is 12.3. The molecule has 0 saturated heterocycles. The fourth-order valence-corrected chi connectivity index (χ4v) is 3.47. The van der Waals surface area contributed by atoms with Gasteiger partial charge in [0.1, 0.15) is 17.4 Å². The third-order valence-electron chi connectivity index (χ3n) is 4.99. The van der Waals surface area contributed by atoms with E-state index < -0.39 is 23.5 Å². The lowest BCUT2D eigenvalue weighted by molar-refractivity contribution is -0.142. The molecule has 0 aliphatic rings. The van der Waals surface area contributed by atoms with E-state index in [0.29, 0.717) is 16.9 Å². The number of rotatable bonds is 9. The summed E-state index contributed by atoms with van der Waals surface area (Å²) >= 11 is 0. The molecule has 2 N–H and O–H groups in total. The summed E-state index contributed by atoms with van der Waals surface area (Å²) in [4.78, 5) is 35.8. The number of carboxylic acids is 1. The average molecular weight is 423 g/mol. The molecule has 1 amide bonds. The number of nitrogens with one attached hydrogen (secondary N) is 1. The maximum atomic E-state index is 12.3. The van der Waals surface area contributed by atoms with Gasteiger partial charge in [-0.2, -0.15) is 0 Å². The van der Waals surface area contributed by atoms with Crippen molar-refractivity contribution >= 4 is 22.8 Å². The topological polar surface area (TPSA) is 106 Å². The van der Waals surface area contributed by atoms with Crippen LogP contribution in [0.4, 0.5) is 0 Å². The van der Waals surface area contributed by atoms with E-state index in [9.17, 15) is 19.5 Å². The van der Waals surface area contributed by atoms with Crippen molar-refractivity contribution < 1.29 is 23.8 Å². The van der Waals surface area contributed by atoms with E-state index in [1.165, 1.54) is 6.07 Å². The van der Waals surface area contributed by atoms with Gasteiger partial charge >= 0.3 is 11.6 Å². The lowest BCUT2D eigenvalue weighted by Crippen LogP contribution is -2.44. The molecule has 7 heteroatoms. The minimum Gasteiger partial charge on any atom is -0.483 e. The van der Waals surface area contributed by atoms with Gasteiger partial charge in [-0.1, -0.05) is 43.7 Å². The van der Waals surface area contributed by atoms with Crippen molar-refractivity contribution in [3.05, 3.63) is 75.6 Å². The second-order valence-electron chi connectivity index (χ2n) is 7.34. The lowest BCUT2D eigenvalue weighted by Gasteiger charge is -2.16. The van der Waals surface area contributed by atoms with Gasteiger partial charge in [0.15, 0.2) is 6.61 Å². The van der Waals surface area contributed by atoms with E-state index in [1.807, 2.05) is 25.1 Å². The lowest BCUT2D eigenvalue weighted by atomic mass is 10.0. The summed E-state index contributed by atoms with van der Waals surface area (Å²) in [7, 11) is 0. The summed E-state index contributed by atoms with van der Waals surface area (Å²) in [5.41, 5.74) is 2.32. The van der Waals surface area contributed by atoms with Crippen LogP contribution < -0.4 is 15.7 Å². The smallest absolute Gasteiger partial charge is 0.336 e. The van der Waals surface area contributed by atoms with Gasteiger partial charge in [-0.3, -0.25) is 4.79 Å². The van der Waals surface area contributed by atoms with Crippen LogP contribution in [0.3, 0.4) is 0 Å². The van der Waals surface area contributed by atoms with Gasteiger partial charge < -0.3 is 19.6 Å². The normalized spacial score (nSPS) is 11.8. The number of fused-ring (bicyclic) bond motifs is 1. The Hall–Kier alpha value is -3.61. The van der Waals surface area contributed by atoms with Gasteiger partial charge in [0.05, 0.1) is 0 Å². The van der Waals surface area contributed by atoms with E-state index in [-0.39, 0.29) is 13.0 Å². The van der Waals surface area contributed by atoms with Gasteiger partial charge in [-0.15, -0.1) is 0 Å². The molecule has 31 heavy (non-hydrogen) atoms. The molecule has 0 fully saturated rings. The Morgan fingerprint density at radius 3 is 2.58 bits per heavy atom. The minimum absolute atomic E-state index is 0.169. The Balaban J connectivity index is 1.71. The minimum atomic E-state index is -1.12. The van der Waals surface area contributed by atoms with Crippen LogP contribution in [0.2, 0.25) is 0 Å². The molecule has 0 bridgehead atoms. The van der Waals surface area contributed by atoms with Crippen LogP contribution >= 0.6 is 0 Å². The zero-order valence-electron chi connectivity index (χ0n) is 17.5. The zero-order valence-corrected chi connectivity index (χ0v) is 17.5. The first-order valence-electron chi connectivity index (χ1n) is 10.1. The first kappa shape index (κ1) is 22.1. The number of ether oxygens (including phenoxy) is 1. The Bertz CT molecular complexity index is 1140. The van der Waals surface area contributed by atoms with E-state index >= 15 is 0 Å². The highest BCUT2D eigenvalue weighted by Gasteiger charge is 2.21. The van der Waals surface area contributed by atoms with Gasteiger partial charge in [-0.05, 0) is 36.6 Å². The van der Waals surface area contributed by atoms with Crippen molar-refractivity contribution in [1.29, 1.82) is 0 Å². The van der Waals surface area contributed by atoms with Crippen molar-refractivity contribution in [3.63, 3.8) is 0 Å². The van der Waals surface area contributed by atoms with Gasteiger partial charge in [0, 0.05) is 23.4 Å². The quantitative estimate of drug-likeness (QED) is 0.512. The number of benzene rings is 2. The number of aryl methyl sites for hydroxylation is 2. The summed E-state index contributed by atoms with van der Waals surface area (Å²) in [6.45, 7) is 3.43. The van der Waals surface area contributed by atoms with Crippen LogP contribution in [-0.4, -0.2) is 29.6 Å². The van der Waals surface area contributed by atoms with Gasteiger partial charge in [0.2, 0.25) is 0 Å². The van der Waals surface area contributed by atoms with Crippen LogP contribution in [-0.2, 0) is 22.4 Å². The fourth-order valence-electron chi connectivity index (χ4n) is 3.47. The summed E-state index contributed by atoms with van der Waals surface area (Å²) in [6.07, 6.45) is 1.81. The van der Waals surface area contributed by atoms with Crippen LogP contribution in [0.1, 0.15) is 30.0 Å². The molecule has 0 aliphatic carbocycles. The fraction of sp³-hybridized carbons (Fsp3) is 0.292. The Kier molecular flexibility index (Phi) is 7.07. The zero-order chi connectivity index (χ0) is 22.4. The van der Waals surface area contributed by atoms with E-state index in [1.54, 1.807) is 31.2 Å². The summed E-state index contributed by atoms with van der Waals surface area (Å²) in [5.74, 6) is -1.28. The predicted octanol–water partition coefficient (Wildman–Crippen LogP) is 3.24. The molecule has 0 radical (unpaired) electrons. The van der Waals surface area contributed by atoms with Crippen molar-refractivity contribution in [1.82, 2.24) is 5.32 Å². The maximum Gasteiger partial charge on any atom is 0.336 e. The van der Waals surface area contributed by atoms with Crippen molar-refractivity contribution in [3.8, 4) is 5.75 Å². The first-order valence-corrected chi connectivity index (χ1v) is 10.1. The Morgan fingerprint density at radius 2 is 1.90 bits per heavy atom. The summed E-state index contributed by atoms with van der Waals surface area (Å²) in [6, 6.07) is 13.0. The van der Waals surface area contributed by atoms with Crippen LogP contribution in [0, 0.1) is 6.92 Å². The standard InChI is InChI=1S/C24H25NO6/c1-3-7-17-13-22(27)31-23-15(2)20(11-10-18(17)23)30-14-21(26)25-19(24(28)29)12-16-8-5-4-6-9-16/h4-6,8-11,13,19H,3,7,12,14H2,1-2H3,(H,25,26)(H,28,29). The number of hydrogen-bond acceptors (Lipinski definition) is 5. The third kappa shape index (κ3) is 5.51. The van der Waals surface area contributed by atoms with E-state index in [4.69, 9.17) is 9.15 Å². The molecule has 1 heterocycles. The summed E-state index contributed by atoms with van der Waals surface area (Å²) < 4.78 is 11.0. The predicted molar refractivity (Wildman–Crippen MR) is 116 cm³/mol. The Morgan fingerprint density at radius 1 is 1.16 bits per heavy atom. The van der Waals surface area contributed by atoms with Gasteiger partial charge in [0.25, 0.3) is 5.91 Å². The van der Waals surface area contributed by atoms with Gasteiger partial charge in [-0.25, -0.2) is 9.59 Å². The van der Waals surface area contributed by atoms with Crippen LogP contribution in [0.15, 0.2) is 57.7 Å². The second kappa shape index (κ2) is 9.93. The van der Waals surface area contributed by atoms with Crippen molar-refractivity contribution in [2.24, 2.45) is 0 Å². The molecule has 162 valence electrons. The molecule has 7 nitrogen and oxygen atoms in total. The van der Waals surface area contributed by atoms with E-state index in [2.05, 4.69) is 5.32 Å². The molecular formula is C24H25NO6. The van der Waals surface area contributed by atoms with Crippen LogP contribution in [0.5, 0.6) is 5.75 Å². The van der Waals surface area contributed by atoms with Crippen LogP contribution in [0.25, 0.3) is 11.0 Å². The Labute approximate surface area is 179 Å². The third-order valence-corrected chi connectivity index (χ3v) is 4.99. The molecule has 0 saturated carbocycles. The number of carbonyl (C=O) groups is 2. The number of aliphatic carboxylic acids is 1. The number of amides is 1. The molecule has 3 aromatic rings. The molecule has 1 unspecified atom stereocenters. The molecule has 1 aromatic heterocycles. The van der Waals surface area contributed by atoms with Crippen molar-refractivity contribution in [2.75, 3.05) is 6.61 Å². The van der Waals surface area contributed by atoms with Crippen molar-refractivity contribution in [2.45, 2.75) is 39.2 Å². The molecule has 3 rings (SSSR count). The second-order valence-corrected chi connectivity index (χ2v) is 7.34. The number of carboxylic acid groups (broad SMARTS) is 1. The largest absolute Gasteiger partial charge is 0.483 e. The SMILES string of the molecule is CCCc1cc(=O)oc2c(C)c(OCC(=O)NC(Cc3ccccc3)C(=O)O)ccc12. The van der Waals surface area contributed by atoms with E-state index in [0.717, 1.165) is 29.4 Å².